The highest BCUT2D eigenvalue weighted by molar-refractivity contribution is 5.30. The van der Waals surface area contributed by atoms with Gasteiger partial charge in [0.15, 0.2) is 0 Å². The molecule has 2 nitrogen and oxygen atoms in total. The van der Waals surface area contributed by atoms with Gasteiger partial charge in [-0.3, -0.25) is 0 Å². The first-order valence-corrected chi connectivity index (χ1v) is 7.27. The van der Waals surface area contributed by atoms with Crippen molar-refractivity contribution in [3.05, 3.63) is 35.4 Å². The number of aliphatic hydroxyl groups is 1. The van der Waals surface area contributed by atoms with Gasteiger partial charge in [0.05, 0.1) is 19.3 Å². The van der Waals surface area contributed by atoms with Crippen molar-refractivity contribution in [1.29, 1.82) is 0 Å². The molecular weight excluding hydrogens is 236 g/mol. The first-order chi connectivity index (χ1) is 8.99. The lowest BCUT2D eigenvalue weighted by molar-refractivity contribution is -0.0217. The highest BCUT2D eigenvalue weighted by atomic mass is 16.5. The van der Waals surface area contributed by atoms with Crippen molar-refractivity contribution in [3.8, 4) is 0 Å². The Balaban J connectivity index is 3.07. The van der Waals surface area contributed by atoms with Crippen LogP contribution in [0, 0.1) is 18.8 Å². The normalized spacial score (nSPS) is 14.9. The van der Waals surface area contributed by atoms with Gasteiger partial charge in [0.25, 0.3) is 0 Å². The third-order valence-corrected chi connectivity index (χ3v) is 3.68. The monoisotopic (exact) mass is 264 g/mol. The Labute approximate surface area is 117 Å². The molecule has 0 bridgehead atoms. The molecule has 0 aliphatic rings. The van der Waals surface area contributed by atoms with Gasteiger partial charge in [-0.25, -0.2) is 0 Å². The molecule has 2 atom stereocenters. The van der Waals surface area contributed by atoms with Crippen LogP contribution in [-0.4, -0.2) is 24.4 Å². The molecule has 2 unspecified atom stereocenters. The van der Waals surface area contributed by atoms with Crippen molar-refractivity contribution in [3.63, 3.8) is 0 Å². The molecule has 1 N–H and O–H groups in total. The number of rotatable bonds is 7. The molecule has 0 aliphatic carbocycles. The molecule has 0 fully saturated rings. The van der Waals surface area contributed by atoms with E-state index in [4.69, 9.17) is 9.84 Å². The van der Waals surface area contributed by atoms with E-state index >= 15 is 0 Å². The van der Waals surface area contributed by atoms with Crippen LogP contribution >= 0.6 is 0 Å². The highest BCUT2D eigenvalue weighted by Gasteiger charge is 2.30. The zero-order valence-corrected chi connectivity index (χ0v) is 12.9. The van der Waals surface area contributed by atoms with E-state index in [1.807, 2.05) is 0 Å². The summed E-state index contributed by atoms with van der Waals surface area (Å²) in [4.78, 5) is 0. The quantitative estimate of drug-likeness (QED) is 0.812. The molecule has 2 heteroatoms. The zero-order valence-electron chi connectivity index (χ0n) is 12.9. The van der Waals surface area contributed by atoms with Crippen LogP contribution in [0.3, 0.4) is 0 Å². The van der Waals surface area contributed by atoms with E-state index in [0.717, 1.165) is 0 Å². The maximum absolute atomic E-state index is 9.02. The Morgan fingerprint density at radius 1 is 1.05 bits per heavy atom. The van der Waals surface area contributed by atoms with Gasteiger partial charge in [-0.1, -0.05) is 52.0 Å². The van der Waals surface area contributed by atoms with Crippen LogP contribution in [0.5, 0.6) is 0 Å². The van der Waals surface area contributed by atoms with E-state index in [0.29, 0.717) is 24.4 Å². The van der Waals surface area contributed by atoms with Crippen LogP contribution in [0.1, 0.15) is 44.7 Å². The van der Waals surface area contributed by atoms with Crippen molar-refractivity contribution in [2.75, 3.05) is 13.2 Å². The molecular formula is C17H28O2. The Morgan fingerprint density at radius 2 is 1.68 bits per heavy atom. The lowest BCUT2D eigenvalue weighted by Gasteiger charge is -2.34. The topological polar surface area (TPSA) is 29.5 Å². The van der Waals surface area contributed by atoms with E-state index in [9.17, 15) is 0 Å². The Hall–Kier alpha value is -0.860. The summed E-state index contributed by atoms with van der Waals surface area (Å²) in [6, 6.07) is 8.54. The fourth-order valence-electron chi connectivity index (χ4n) is 2.78. The van der Waals surface area contributed by atoms with Crippen LogP contribution in [0.15, 0.2) is 24.3 Å². The smallest absolute Gasteiger partial charge is 0.0701 e. The molecule has 19 heavy (non-hydrogen) atoms. The van der Waals surface area contributed by atoms with Crippen molar-refractivity contribution in [2.24, 2.45) is 11.8 Å². The van der Waals surface area contributed by atoms with Crippen molar-refractivity contribution < 1.29 is 9.84 Å². The zero-order chi connectivity index (χ0) is 14.4. The first-order valence-electron chi connectivity index (χ1n) is 7.27. The van der Waals surface area contributed by atoms with Gasteiger partial charge >= 0.3 is 0 Å². The van der Waals surface area contributed by atoms with E-state index in [-0.39, 0.29) is 12.7 Å². The average molecular weight is 264 g/mol. The summed E-state index contributed by atoms with van der Waals surface area (Å²) in [7, 11) is 0. The van der Waals surface area contributed by atoms with E-state index in [2.05, 4.69) is 58.9 Å². The fourth-order valence-corrected chi connectivity index (χ4v) is 2.78. The third kappa shape index (κ3) is 4.32. The van der Waals surface area contributed by atoms with E-state index < -0.39 is 0 Å². The van der Waals surface area contributed by atoms with Gasteiger partial charge in [0.1, 0.15) is 0 Å². The largest absolute Gasteiger partial charge is 0.394 e. The van der Waals surface area contributed by atoms with Crippen molar-refractivity contribution in [1.82, 2.24) is 0 Å². The minimum atomic E-state index is 0.0851. The van der Waals surface area contributed by atoms with Crippen LogP contribution < -0.4 is 0 Å². The predicted molar refractivity (Wildman–Crippen MR) is 80.4 cm³/mol. The molecule has 0 amide bonds. The maximum Gasteiger partial charge on any atom is 0.0701 e. The molecule has 1 rings (SSSR count). The van der Waals surface area contributed by atoms with Crippen LogP contribution in [0.4, 0.5) is 0 Å². The second-order valence-corrected chi connectivity index (χ2v) is 5.93. The molecule has 0 spiro atoms. The molecule has 108 valence electrons. The second-order valence-electron chi connectivity index (χ2n) is 5.93. The lowest BCUT2D eigenvalue weighted by atomic mass is 9.78. The minimum absolute atomic E-state index is 0.0851. The average Bonchev–Trinajstić information content (AvgIpc) is 2.35. The summed E-state index contributed by atoms with van der Waals surface area (Å²) in [6.07, 6.45) is 0.147. The van der Waals surface area contributed by atoms with E-state index in [1.54, 1.807) is 0 Å². The summed E-state index contributed by atoms with van der Waals surface area (Å²) in [6.45, 7) is 11.5. The molecule has 0 saturated carbocycles. The minimum Gasteiger partial charge on any atom is -0.394 e. The Morgan fingerprint density at radius 3 is 2.16 bits per heavy atom. The van der Waals surface area contributed by atoms with Crippen molar-refractivity contribution >= 4 is 0 Å². The lowest BCUT2D eigenvalue weighted by Crippen LogP contribution is -2.32. The van der Waals surface area contributed by atoms with Gasteiger partial charge in [-0.2, -0.15) is 0 Å². The van der Waals surface area contributed by atoms with Gasteiger partial charge in [0, 0.05) is 5.92 Å². The predicted octanol–water partition coefficient (Wildman–Crippen LogP) is 3.77. The van der Waals surface area contributed by atoms with Crippen LogP contribution in [-0.2, 0) is 4.74 Å². The first kappa shape index (κ1) is 16.2. The number of benzene rings is 1. The number of ether oxygens (including phenoxy) is 1. The highest BCUT2D eigenvalue weighted by Crippen LogP contribution is 2.35. The van der Waals surface area contributed by atoms with Crippen LogP contribution in [0.25, 0.3) is 0 Å². The molecule has 0 heterocycles. The number of aliphatic hydroxyl groups excluding tert-OH is 1. The van der Waals surface area contributed by atoms with Gasteiger partial charge < -0.3 is 9.84 Å². The van der Waals surface area contributed by atoms with E-state index in [1.165, 1.54) is 11.1 Å². The summed E-state index contributed by atoms with van der Waals surface area (Å²) >= 11 is 0. The fraction of sp³-hybridized carbons (Fsp3) is 0.647. The summed E-state index contributed by atoms with van der Waals surface area (Å²) in [5, 5.41) is 9.02. The van der Waals surface area contributed by atoms with Gasteiger partial charge in [0.2, 0.25) is 0 Å². The molecule has 0 aromatic heterocycles. The number of aryl methyl sites for hydroxylation is 1. The Bertz CT molecular complexity index is 371. The maximum atomic E-state index is 9.02. The summed E-state index contributed by atoms with van der Waals surface area (Å²) < 4.78 is 5.94. The molecule has 0 saturated heterocycles. The third-order valence-electron chi connectivity index (χ3n) is 3.68. The molecule has 0 aliphatic heterocycles. The number of hydrogen-bond donors (Lipinski definition) is 1. The Kier molecular flexibility index (Phi) is 6.53. The summed E-state index contributed by atoms with van der Waals surface area (Å²) in [5.74, 6) is 1.30. The van der Waals surface area contributed by atoms with Gasteiger partial charge in [-0.15, -0.1) is 0 Å². The van der Waals surface area contributed by atoms with Crippen molar-refractivity contribution in [2.45, 2.75) is 46.6 Å². The molecule has 0 radical (unpaired) electrons. The number of hydrogen-bond acceptors (Lipinski definition) is 2. The SMILES string of the molecule is Cc1ccccc1C(C(C)C)C(OCCO)C(C)C. The standard InChI is InChI=1S/C17H28O2/c1-12(2)16(15-9-7-6-8-14(15)5)17(13(3)4)19-11-10-18/h6-9,12-13,16-18H,10-11H2,1-5H3. The van der Waals surface area contributed by atoms with Crippen LogP contribution in [0.2, 0.25) is 0 Å². The molecule has 1 aromatic carbocycles. The second kappa shape index (κ2) is 7.66. The molecule has 1 aromatic rings. The van der Waals surface area contributed by atoms with Gasteiger partial charge in [-0.05, 0) is 29.9 Å². The summed E-state index contributed by atoms with van der Waals surface area (Å²) in [5.41, 5.74) is 2.69.